The molecule has 1 atom stereocenters. The zero-order valence-electron chi connectivity index (χ0n) is 21.3. The second-order valence-electron chi connectivity index (χ2n) is 9.90. The van der Waals surface area contributed by atoms with Gasteiger partial charge in [-0.15, -0.1) is 0 Å². The van der Waals surface area contributed by atoms with Gasteiger partial charge in [0, 0.05) is 49.2 Å². The summed E-state index contributed by atoms with van der Waals surface area (Å²) in [6, 6.07) is 15.0. The van der Waals surface area contributed by atoms with E-state index in [2.05, 4.69) is 53.3 Å². The number of primary amides is 1. The number of aromatic nitrogens is 1. The predicted molar refractivity (Wildman–Crippen MR) is 142 cm³/mol. The first kappa shape index (κ1) is 26.5. The quantitative estimate of drug-likeness (QED) is 0.476. The Morgan fingerprint density at radius 2 is 1.86 bits per heavy atom. The lowest BCUT2D eigenvalue weighted by Crippen LogP contribution is -2.47. The van der Waals surface area contributed by atoms with Crippen LogP contribution in [0.25, 0.3) is 0 Å². The number of carbonyl (C=O) groups is 2. The predicted octanol–water partition coefficient (Wildman–Crippen LogP) is 4.25. The van der Waals surface area contributed by atoms with Gasteiger partial charge >= 0.3 is 0 Å². The molecule has 2 heterocycles. The Kier molecular flexibility index (Phi) is 9.94. The first-order valence-electron chi connectivity index (χ1n) is 12.8. The van der Waals surface area contributed by atoms with E-state index in [1.807, 2.05) is 29.3 Å². The third-order valence-corrected chi connectivity index (χ3v) is 6.69. The molecule has 0 spiro atoms. The molecule has 3 N–H and O–H groups in total. The zero-order valence-corrected chi connectivity index (χ0v) is 21.3. The third kappa shape index (κ3) is 8.26. The van der Waals surface area contributed by atoms with Crippen molar-refractivity contribution in [2.24, 2.45) is 17.6 Å². The second kappa shape index (κ2) is 13.1. The van der Waals surface area contributed by atoms with Gasteiger partial charge in [0.1, 0.15) is 0 Å². The van der Waals surface area contributed by atoms with Crippen molar-refractivity contribution in [1.29, 1.82) is 0 Å². The Balaban J connectivity index is 1.57. The summed E-state index contributed by atoms with van der Waals surface area (Å²) in [5.74, 6) is -0.0510. The molecular weight excluding hydrogens is 438 g/mol. The highest BCUT2D eigenvalue weighted by Crippen LogP contribution is 2.27. The Morgan fingerprint density at radius 3 is 2.46 bits per heavy atom. The van der Waals surface area contributed by atoms with Crippen molar-refractivity contribution in [3.8, 4) is 0 Å². The molecule has 1 saturated heterocycles. The molecule has 1 aliphatic rings. The molecule has 1 fully saturated rings. The topological polar surface area (TPSA) is 91.6 Å². The Bertz CT molecular complexity index is 924. The van der Waals surface area contributed by atoms with Gasteiger partial charge in [0.05, 0.1) is 18.7 Å². The Labute approximate surface area is 210 Å². The lowest BCUT2D eigenvalue weighted by atomic mass is 9.99. The Hall–Kier alpha value is -3.09. The van der Waals surface area contributed by atoms with Crippen molar-refractivity contribution in [2.45, 2.75) is 59.0 Å². The van der Waals surface area contributed by atoms with Crippen molar-refractivity contribution in [3.63, 3.8) is 0 Å². The van der Waals surface area contributed by atoms with Gasteiger partial charge in [-0.3, -0.25) is 14.6 Å². The summed E-state index contributed by atoms with van der Waals surface area (Å²) in [5.41, 5.74) is 8.62. The number of likely N-dealkylation sites (tertiary alicyclic amines) is 1. The maximum atomic E-state index is 12.6. The van der Waals surface area contributed by atoms with Gasteiger partial charge in [-0.2, -0.15) is 0 Å². The average molecular weight is 479 g/mol. The molecule has 0 aliphatic carbocycles. The molecule has 0 bridgehead atoms. The maximum Gasteiger partial charge on any atom is 0.226 e. The number of rotatable bonds is 12. The first-order chi connectivity index (χ1) is 16.8. The average Bonchev–Trinajstić information content (AvgIpc) is 2.87. The van der Waals surface area contributed by atoms with Crippen LogP contribution in [0.2, 0.25) is 0 Å². The normalized spacial score (nSPS) is 15.1. The SMILES string of the molecule is CC(C)CCN(c1ccc(NCc2ccccn2)cc1)C1CCN(C(=O)[CH]CC(C)C(N)=O)CC1. The minimum absolute atomic E-state index is 0.00798. The number of hydrogen-bond donors (Lipinski definition) is 2. The molecule has 1 aromatic heterocycles. The van der Waals surface area contributed by atoms with Gasteiger partial charge in [0.2, 0.25) is 11.8 Å². The molecule has 2 aromatic rings. The molecule has 2 amide bonds. The molecule has 1 unspecified atom stereocenters. The van der Waals surface area contributed by atoms with E-state index in [0.29, 0.717) is 24.9 Å². The number of benzene rings is 1. The number of carbonyl (C=O) groups excluding carboxylic acids is 2. The summed E-state index contributed by atoms with van der Waals surface area (Å²) in [4.78, 5) is 32.6. The molecule has 3 rings (SSSR count). The lowest BCUT2D eigenvalue weighted by molar-refractivity contribution is -0.129. The number of nitrogens with one attached hydrogen (secondary N) is 1. The molecule has 189 valence electrons. The summed E-state index contributed by atoms with van der Waals surface area (Å²) in [6.07, 6.45) is 6.81. The summed E-state index contributed by atoms with van der Waals surface area (Å²) in [5, 5.41) is 3.44. The maximum absolute atomic E-state index is 12.6. The highest BCUT2D eigenvalue weighted by Gasteiger charge is 2.27. The number of amides is 2. The van der Waals surface area contributed by atoms with E-state index in [1.54, 1.807) is 13.3 Å². The van der Waals surface area contributed by atoms with Gasteiger partial charge in [0.15, 0.2) is 0 Å². The molecule has 1 aliphatic heterocycles. The number of pyridine rings is 1. The fourth-order valence-electron chi connectivity index (χ4n) is 4.31. The minimum Gasteiger partial charge on any atom is -0.379 e. The fraction of sp³-hybridized carbons (Fsp3) is 0.500. The van der Waals surface area contributed by atoms with E-state index in [4.69, 9.17) is 5.73 Å². The van der Waals surface area contributed by atoms with E-state index in [9.17, 15) is 9.59 Å². The molecule has 0 saturated carbocycles. The van der Waals surface area contributed by atoms with E-state index in [0.717, 1.165) is 50.3 Å². The van der Waals surface area contributed by atoms with Crippen LogP contribution in [0.5, 0.6) is 0 Å². The minimum atomic E-state index is -0.369. The number of anilines is 2. The molecule has 1 radical (unpaired) electrons. The number of hydrogen-bond acceptors (Lipinski definition) is 5. The van der Waals surface area contributed by atoms with Crippen molar-refractivity contribution in [2.75, 3.05) is 29.9 Å². The van der Waals surface area contributed by atoms with Crippen LogP contribution in [-0.2, 0) is 16.1 Å². The van der Waals surface area contributed by atoms with E-state index < -0.39 is 0 Å². The van der Waals surface area contributed by atoms with Gasteiger partial charge < -0.3 is 20.9 Å². The van der Waals surface area contributed by atoms with Gasteiger partial charge in [-0.25, -0.2) is 0 Å². The third-order valence-electron chi connectivity index (χ3n) is 6.69. The lowest BCUT2D eigenvalue weighted by Gasteiger charge is -2.40. The number of nitrogens with zero attached hydrogens (tertiary/aromatic N) is 3. The monoisotopic (exact) mass is 478 g/mol. The van der Waals surface area contributed by atoms with Gasteiger partial charge in [-0.1, -0.05) is 26.8 Å². The van der Waals surface area contributed by atoms with Crippen LogP contribution in [0.4, 0.5) is 11.4 Å². The van der Waals surface area contributed by atoms with Crippen molar-refractivity contribution < 1.29 is 9.59 Å². The van der Waals surface area contributed by atoms with Crippen LogP contribution in [0.15, 0.2) is 48.7 Å². The van der Waals surface area contributed by atoms with Crippen LogP contribution in [0, 0.1) is 18.3 Å². The van der Waals surface area contributed by atoms with Crippen molar-refractivity contribution in [3.05, 3.63) is 60.8 Å². The summed E-state index contributed by atoms with van der Waals surface area (Å²) in [7, 11) is 0. The second-order valence-corrected chi connectivity index (χ2v) is 9.90. The highest BCUT2D eigenvalue weighted by atomic mass is 16.2. The summed E-state index contributed by atoms with van der Waals surface area (Å²) < 4.78 is 0. The van der Waals surface area contributed by atoms with E-state index >= 15 is 0 Å². The highest BCUT2D eigenvalue weighted by molar-refractivity contribution is 5.86. The van der Waals surface area contributed by atoms with Crippen LogP contribution >= 0.6 is 0 Å². The molecule has 7 nitrogen and oxygen atoms in total. The van der Waals surface area contributed by atoms with Gasteiger partial charge in [-0.05, 0) is 68.0 Å². The van der Waals surface area contributed by atoms with E-state index in [-0.39, 0.29) is 17.7 Å². The van der Waals surface area contributed by atoms with Crippen molar-refractivity contribution in [1.82, 2.24) is 9.88 Å². The standard InChI is InChI=1S/C28H40N5O2/c1-21(2)13-19-33(25-10-8-23(9-11-25)31-20-24-6-4-5-16-30-24)26-14-17-32(18-15-26)27(34)12-7-22(3)28(29)35/h4-6,8-12,16,21-22,26,31H,7,13-15,17-20H2,1-3H3,(H2,29,35). The molecule has 35 heavy (non-hydrogen) atoms. The number of piperidine rings is 1. The van der Waals surface area contributed by atoms with Gasteiger partial charge in [0.25, 0.3) is 0 Å². The smallest absolute Gasteiger partial charge is 0.226 e. The van der Waals surface area contributed by atoms with Crippen LogP contribution < -0.4 is 16.0 Å². The van der Waals surface area contributed by atoms with Crippen LogP contribution in [0.1, 0.15) is 52.1 Å². The largest absolute Gasteiger partial charge is 0.379 e. The zero-order chi connectivity index (χ0) is 25.2. The Morgan fingerprint density at radius 1 is 1.14 bits per heavy atom. The van der Waals surface area contributed by atoms with Crippen LogP contribution in [0.3, 0.4) is 0 Å². The molecule has 1 aromatic carbocycles. The summed E-state index contributed by atoms with van der Waals surface area (Å²) >= 11 is 0. The van der Waals surface area contributed by atoms with E-state index in [1.165, 1.54) is 5.69 Å². The molecule has 7 heteroatoms. The molecular formula is C28H40N5O2. The first-order valence-corrected chi connectivity index (χ1v) is 12.8. The summed E-state index contributed by atoms with van der Waals surface area (Å²) in [6.45, 7) is 9.42. The fourth-order valence-corrected chi connectivity index (χ4v) is 4.31. The van der Waals surface area contributed by atoms with Crippen molar-refractivity contribution >= 4 is 23.2 Å². The number of nitrogens with two attached hydrogens (primary N) is 1. The van der Waals surface area contributed by atoms with Crippen LogP contribution in [-0.4, -0.2) is 47.4 Å².